The molecule has 1 amide bonds. The molecule has 0 saturated carbocycles. The van der Waals surface area contributed by atoms with Crippen LogP contribution in [0.5, 0.6) is 5.75 Å². The molecule has 146 valence electrons. The monoisotopic (exact) mass is 437 g/mol. The van der Waals surface area contributed by atoms with Crippen LogP contribution in [0.15, 0.2) is 47.6 Å². The first kappa shape index (κ1) is 20.3. The van der Waals surface area contributed by atoms with Crippen LogP contribution in [0, 0.1) is 0 Å². The number of hydrogen-bond donors (Lipinski definition) is 2. The summed E-state index contributed by atoms with van der Waals surface area (Å²) in [6.07, 6.45) is 0.517. The molecule has 1 heterocycles. The average molecular weight is 438 g/mol. The van der Waals surface area contributed by atoms with Gasteiger partial charge in [0.15, 0.2) is 5.82 Å². The second-order valence-electron chi connectivity index (χ2n) is 5.76. The molecule has 0 saturated heterocycles. The standard InChI is InChI=1S/C18H17Cl2N5O2S/c1-27-13-5-2-11(3-6-13)8-16-23-24-18(25(16)21)28-10-17(26)22-12-4-7-14(19)15(20)9-12/h2-7,9H,8,10,21H2,1H3,(H,22,26). The molecule has 28 heavy (non-hydrogen) atoms. The maximum absolute atomic E-state index is 12.1. The summed E-state index contributed by atoms with van der Waals surface area (Å²) in [5.74, 6) is 7.34. The van der Waals surface area contributed by atoms with Crippen LogP contribution in [0.25, 0.3) is 0 Å². The number of nitrogens with zero attached hydrogens (tertiary/aromatic N) is 3. The summed E-state index contributed by atoms with van der Waals surface area (Å²) in [7, 11) is 1.62. The van der Waals surface area contributed by atoms with Gasteiger partial charge in [-0.2, -0.15) is 0 Å². The predicted octanol–water partition coefficient (Wildman–Crippen LogP) is 3.63. The maximum atomic E-state index is 12.1. The third kappa shape index (κ3) is 5.09. The smallest absolute Gasteiger partial charge is 0.234 e. The molecule has 0 aliphatic heterocycles. The molecule has 0 fully saturated rings. The van der Waals surface area contributed by atoms with E-state index in [9.17, 15) is 4.79 Å². The number of anilines is 1. The second-order valence-corrected chi connectivity index (χ2v) is 7.52. The van der Waals surface area contributed by atoms with Crippen molar-refractivity contribution in [2.45, 2.75) is 11.6 Å². The summed E-state index contributed by atoms with van der Waals surface area (Å²) in [6, 6.07) is 12.5. The van der Waals surface area contributed by atoms with E-state index in [2.05, 4.69) is 15.5 Å². The third-order valence-corrected chi connectivity index (χ3v) is 5.47. The van der Waals surface area contributed by atoms with Gasteiger partial charge in [-0.05, 0) is 35.9 Å². The Hall–Kier alpha value is -2.42. The average Bonchev–Trinajstić information content (AvgIpc) is 3.03. The van der Waals surface area contributed by atoms with Crippen molar-refractivity contribution in [2.75, 3.05) is 24.0 Å². The molecular formula is C18H17Cl2N5O2S. The minimum atomic E-state index is -0.219. The Morgan fingerprint density at radius 2 is 1.93 bits per heavy atom. The molecule has 0 spiro atoms. The number of ether oxygens (including phenoxy) is 1. The molecule has 3 N–H and O–H groups in total. The summed E-state index contributed by atoms with van der Waals surface area (Å²) < 4.78 is 6.53. The number of halogens is 2. The molecule has 1 aromatic heterocycles. The largest absolute Gasteiger partial charge is 0.497 e. The summed E-state index contributed by atoms with van der Waals surface area (Å²) >= 11 is 13.0. The third-order valence-electron chi connectivity index (χ3n) is 3.79. The van der Waals surface area contributed by atoms with Crippen LogP contribution in [0.4, 0.5) is 5.69 Å². The second kappa shape index (κ2) is 9.18. The minimum absolute atomic E-state index is 0.123. The van der Waals surface area contributed by atoms with Gasteiger partial charge in [0.1, 0.15) is 5.75 Å². The van der Waals surface area contributed by atoms with Gasteiger partial charge < -0.3 is 15.9 Å². The Morgan fingerprint density at radius 3 is 2.61 bits per heavy atom. The van der Waals surface area contributed by atoms with Gasteiger partial charge in [0, 0.05) is 12.1 Å². The van der Waals surface area contributed by atoms with Crippen molar-refractivity contribution >= 4 is 46.6 Å². The van der Waals surface area contributed by atoms with E-state index >= 15 is 0 Å². The number of rotatable bonds is 7. The SMILES string of the molecule is COc1ccc(Cc2nnc(SCC(=O)Nc3ccc(Cl)c(Cl)c3)n2N)cc1. The van der Waals surface area contributed by atoms with Gasteiger partial charge in [0.25, 0.3) is 0 Å². The van der Waals surface area contributed by atoms with Crippen LogP contribution >= 0.6 is 35.0 Å². The number of thioether (sulfide) groups is 1. The van der Waals surface area contributed by atoms with Gasteiger partial charge in [-0.15, -0.1) is 10.2 Å². The lowest BCUT2D eigenvalue weighted by Gasteiger charge is -2.07. The Labute approximate surface area is 176 Å². The Kier molecular flexibility index (Phi) is 6.66. The van der Waals surface area contributed by atoms with Gasteiger partial charge in [0.05, 0.1) is 22.9 Å². The van der Waals surface area contributed by atoms with Crippen molar-refractivity contribution in [3.05, 3.63) is 63.9 Å². The van der Waals surface area contributed by atoms with Crippen molar-refractivity contribution < 1.29 is 9.53 Å². The molecule has 0 radical (unpaired) electrons. The zero-order chi connectivity index (χ0) is 20.1. The highest BCUT2D eigenvalue weighted by Gasteiger charge is 2.13. The van der Waals surface area contributed by atoms with E-state index in [1.54, 1.807) is 25.3 Å². The van der Waals surface area contributed by atoms with Gasteiger partial charge in [0.2, 0.25) is 11.1 Å². The summed E-state index contributed by atoms with van der Waals surface area (Å²) in [5.41, 5.74) is 1.59. The van der Waals surface area contributed by atoms with Gasteiger partial charge in [-0.3, -0.25) is 4.79 Å². The summed E-state index contributed by atoms with van der Waals surface area (Å²) in [5, 5.41) is 12.2. The molecule has 10 heteroatoms. The van der Waals surface area contributed by atoms with Crippen LogP contribution in [0.1, 0.15) is 11.4 Å². The number of nitrogen functional groups attached to an aromatic ring is 1. The lowest BCUT2D eigenvalue weighted by atomic mass is 10.1. The van der Waals surface area contributed by atoms with E-state index in [-0.39, 0.29) is 11.7 Å². The first-order valence-corrected chi connectivity index (χ1v) is 9.90. The van der Waals surface area contributed by atoms with Crippen molar-refractivity contribution in [3.63, 3.8) is 0 Å². The number of benzene rings is 2. The molecule has 3 aromatic rings. The van der Waals surface area contributed by atoms with Crippen LogP contribution in [-0.4, -0.2) is 33.6 Å². The molecule has 7 nitrogen and oxygen atoms in total. The normalized spacial score (nSPS) is 10.7. The van der Waals surface area contributed by atoms with Crippen LogP contribution in [-0.2, 0) is 11.2 Å². The lowest BCUT2D eigenvalue weighted by molar-refractivity contribution is -0.113. The van der Waals surface area contributed by atoms with Crippen LogP contribution in [0.2, 0.25) is 10.0 Å². The zero-order valence-corrected chi connectivity index (χ0v) is 17.2. The van der Waals surface area contributed by atoms with Crippen LogP contribution in [0.3, 0.4) is 0 Å². The summed E-state index contributed by atoms with van der Waals surface area (Å²) in [6.45, 7) is 0. The molecule has 0 atom stereocenters. The topological polar surface area (TPSA) is 95.1 Å². The fourth-order valence-corrected chi connectivity index (χ4v) is 3.33. The first-order valence-electron chi connectivity index (χ1n) is 8.16. The van der Waals surface area contributed by atoms with Crippen LogP contribution < -0.4 is 15.9 Å². The number of nitrogens with one attached hydrogen (secondary N) is 1. The Bertz CT molecular complexity index is 979. The van der Waals surface area contributed by atoms with E-state index in [0.29, 0.717) is 33.1 Å². The van der Waals surface area contributed by atoms with Crippen molar-refractivity contribution in [3.8, 4) is 5.75 Å². The first-order chi connectivity index (χ1) is 13.5. The predicted molar refractivity (Wildman–Crippen MR) is 112 cm³/mol. The number of hydrogen-bond acceptors (Lipinski definition) is 6. The number of nitrogens with two attached hydrogens (primary N) is 1. The molecule has 0 unspecified atom stereocenters. The molecule has 0 aliphatic rings. The highest BCUT2D eigenvalue weighted by molar-refractivity contribution is 7.99. The molecule has 0 aliphatic carbocycles. The van der Waals surface area contributed by atoms with Gasteiger partial charge in [-0.25, -0.2) is 4.68 Å². The Morgan fingerprint density at radius 1 is 1.18 bits per heavy atom. The molecule has 0 bridgehead atoms. The van der Waals surface area contributed by atoms with Crippen molar-refractivity contribution in [1.82, 2.24) is 14.9 Å². The summed E-state index contributed by atoms with van der Waals surface area (Å²) in [4.78, 5) is 12.1. The number of aromatic nitrogens is 3. The van der Waals surface area contributed by atoms with Crippen molar-refractivity contribution in [1.29, 1.82) is 0 Å². The van der Waals surface area contributed by atoms with E-state index in [1.807, 2.05) is 24.3 Å². The van der Waals surface area contributed by atoms with Crippen molar-refractivity contribution in [2.24, 2.45) is 0 Å². The molecular weight excluding hydrogens is 421 g/mol. The number of amides is 1. The van der Waals surface area contributed by atoms with Gasteiger partial charge >= 0.3 is 0 Å². The molecule has 2 aromatic carbocycles. The fraction of sp³-hybridized carbons (Fsp3) is 0.167. The Balaban J connectivity index is 1.57. The number of carbonyl (C=O) groups excluding carboxylic acids is 1. The van der Waals surface area contributed by atoms with E-state index in [0.717, 1.165) is 11.3 Å². The quantitative estimate of drug-likeness (QED) is 0.432. The van der Waals surface area contributed by atoms with E-state index in [1.165, 1.54) is 16.4 Å². The minimum Gasteiger partial charge on any atom is -0.497 e. The highest BCUT2D eigenvalue weighted by atomic mass is 35.5. The number of methoxy groups -OCH3 is 1. The fourth-order valence-electron chi connectivity index (χ4n) is 2.35. The molecule has 3 rings (SSSR count). The van der Waals surface area contributed by atoms with Gasteiger partial charge in [-0.1, -0.05) is 47.1 Å². The zero-order valence-electron chi connectivity index (χ0n) is 14.9. The van der Waals surface area contributed by atoms with E-state index < -0.39 is 0 Å². The number of carbonyl (C=O) groups is 1. The maximum Gasteiger partial charge on any atom is 0.234 e. The highest BCUT2D eigenvalue weighted by Crippen LogP contribution is 2.25. The lowest BCUT2D eigenvalue weighted by Crippen LogP contribution is -2.17. The van der Waals surface area contributed by atoms with E-state index in [4.69, 9.17) is 33.8 Å².